The summed E-state index contributed by atoms with van der Waals surface area (Å²) in [7, 11) is 0. The Bertz CT molecular complexity index is 702. The number of aliphatic carboxylic acids is 1. The number of carbonyl (C=O) groups excluding carboxylic acids is 1. The molecular formula is C14H18N4O4S. The first-order chi connectivity index (χ1) is 10.7. The Labute approximate surface area is 137 Å². The second-order valence-corrected chi connectivity index (χ2v) is 6.74. The van der Waals surface area contributed by atoms with Crippen molar-refractivity contribution in [1.29, 1.82) is 0 Å². The first kappa shape index (κ1) is 16.9. The zero-order valence-corrected chi connectivity index (χ0v) is 13.9. The van der Waals surface area contributed by atoms with E-state index < -0.39 is 17.7 Å². The van der Waals surface area contributed by atoms with Crippen LogP contribution in [0, 0.1) is 0 Å². The van der Waals surface area contributed by atoms with Gasteiger partial charge in [-0.1, -0.05) is 0 Å². The molecule has 0 aliphatic heterocycles. The zero-order chi connectivity index (χ0) is 17.0. The van der Waals surface area contributed by atoms with Gasteiger partial charge in [-0.2, -0.15) is 5.10 Å². The average molecular weight is 338 g/mol. The number of thiazole rings is 1. The van der Waals surface area contributed by atoms with E-state index in [4.69, 9.17) is 9.84 Å². The molecule has 1 amide bonds. The van der Waals surface area contributed by atoms with Gasteiger partial charge in [0, 0.05) is 17.1 Å². The summed E-state index contributed by atoms with van der Waals surface area (Å²) in [6.07, 6.45) is 2.68. The summed E-state index contributed by atoms with van der Waals surface area (Å²) in [6, 6.07) is 0. The molecule has 124 valence electrons. The van der Waals surface area contributed by atoms with Crippen LogP contribution in [0.25, 0.3) is 11.3 Å². The summed E-state index contributed by atoms with van der Waals surface area (Å²) in [5.41, 5.74) is 0.871. The number of ether oxygens (including phenoxy) is 1. The van der Waals surface area contributed by atoms with E-state index >= 15 is 0 Å². The maximum atomic E-state index is 11.6. The molecule has 9 heteroatoms. The fraction of sp³-hybridized carbons (Fsp3) is 0.429. The zero-order valence-electron chi connectivity index (χ0n) is 13.1. The third-order valence-corrected chi connectivity index (χ3v) is 3.41. The smallest absolute Gasteiger partial charge is 0.408 e. The van der Waals surface area contributed by atoms with Crippen molar-refractivity contribution in [1.82, 2.24) is 20.1 Å². The van der Waals surface area contributed by atoms with Crippen molar-refractivity contribution < 1.29 is 19.4 Å². The number of carboxylic acids is 1. The molecule has 0 fully saturated rings. The van der Waals surface area contributed by atoms with Crippen LogP contribution in [0.3, 0.4) is 0 Å². The van der Waals surface area contributed by atoms with Gasteiger partial charge in [0.1, 0.15) is 17.2 Å². The summed E-state index contributed by atoms with van der Waals surface area (Å²) in [4.78, 5) is 26.6. The van der Waals surface area contributed by atoms with E-state index in [1.165, 1.54) is 16.0 Å². The number of nitrogens with one attached hydrogen (secondary N) is 1. The first-order valence-electron chi connectivity index (χ1n) is 6.89. The fourth-order valence-corrected chi connectivity index (χ4v) is 2.45. The molecule has 8 nitrogen and oxygen atoms in total. The molecule has 23 heavy (non-hydrogen) atoms. The van der Waals surface area contributed by atoms with E-state index in [0.29, 0.717) is 5.69 Å². The maximum absolute atomic E-state index is 11.6. The van der Waals surface area contributed by atoms with E-state index in [9.17, 15) is 9.59 Å². The Hall–Kier alpha value is -2.42. The van der Waals surface area contributed by atoms with Gasteiger partial charge in [-0.05, 0) is 20.8 Å². The van der Waals surface area contributed by atoms with Gasteiger partial charge in [0.05, 0.1) is 18.4 Å². The van der Waals surface area contributed by atoms with Gasteiger partial charge >= 0.3 is 12.1 Å². The lowest BCUT2D eigenvalue weighted by Crippen LogP contribution is -2.32. The minimum atomic E-state index is -0.958. The van der Waals surface area contributed by atoms with Crippen molar-refractivity contribution in [3.8, 4) is 11.3 Å². The molecule has 2 aromatic rings. The van der Waals surface area contributed by atoms with Crippen LogP contribution in [0.5, 0.6) is 0 Å². The van der Waals surface area contributed by atoms with Gasteiger partial charge in [0.2, 0.25) is 0 Å². The van der Waals surface area contributed by atoms with Crippen molar-refractivity contribution in [2.75, 3.05) is 0 Å². The molecule has 2 rings (SSSR count). The van der Waals surface area contributed by atoms with Crippen LogP contribution in [0.4, 0.5) is 4.79 Å². The predicted molar refractivity (Wildman–Crippen MR) is 84.0 cm³/mol. The second kappa shape index (κ2) is 6.78. The molecule has 0 saturated heterocycles. The van der Waals surface area contributed by atoms with E-state index in [-0.39, 0.29) is 13.1 Å². The average Bonchev–Trinajstić information content (AvgIpc) is 3.02. The minimum Gasteiger partial charge on any atom is -0.480 e. The summed E-state index contributed by atoms with van der Waals surface area (Å²) >= 11 is 1.39. The quantitative estimate of drug-likeness (QED) is 0.865. The molecule has 2 heterocycles. The number of hydrogen-bond donors (Lipinski definition) is 2. The lowest BCUT2D eigenvalue weighted by molar-refractivity contribution is -0.137. The van der Waals surface area contributed by atoms with Gasteiger partial charge in [-0.3, -0.25) is 9.48 Å². The number of amides is 1. The van der Waals surface area contributed by atoms with Crippen LogP contribution in [0.2, 0.25) is 0 Å². The van der Waals surface area contributed by atoms with Gasteiger partial charge in [-0.25, -0.2) is 9.78 Å². The Morgan fingerprint density at radius 1 is 1.43 bits per heavy atom. The first-order valence-corrected chi connectivity index (χ1v) is 7.77. The molecule has 0 spiro atoms. The van der Waals surface area contributed by atoms with Crippen molar-refractivity contribution in [3.63, 3.8) is 0 Å². The molecule has 0 bridgehead atoms. The molecule has 0 aliphatic rings. The highest BCUT2D eigenvalue weighted by molar-refractivity contribution is 7.09. The number of carbonyl (C=O) groups is 2. The molecule has 0 atom stereocenters. The number of nitrogens with zero attached hydrogens (tertiary/aromatic N) is 3. The number of carboxylic acid groups (broad SMARTS) is 1. The SMILES string of the molecule is CC(C)(C)OC(=O)NCc1nc(-c2cnn(CC(=O)O)c2)cs1. The van der Waals surface area contributed by atoms with E-state index in [1.54, 1.807) is 33.2 Å². The van der Waals surface area contributed by atoms with E-state index in [0.717, 1.165) is 10.6 Å². The third-order valence-electron chi connectivity index (χ3n) is 2.56. The van der Waals surface area contributed by atoms with Crippen molar-refractivity contribution in [3.05, 3.63) is 22.8 Å². The van der Waals surface area contributed by atoms with Gasteiger partial charge < -0.3 is 15.2 Å². The predicted octanol–water partition coefficient (Wildman–Crippen LogP) is 2.12. The molecule has 2 aromatic heterocycles. The Morgan fingerprint density at radius 3 is 2.83 bits per heavy atom. The number of aromatic nitrogens is 3. The number of alkyl carbamates (subject to hydrolysis) is 1. The molecular weight excluding hydrogens is 320 g/mol. The van der Waals surface area contributed by atoms with Crippen LogP contribution < -0.4 is 5.32 Å². The highest BCUT2D eigenvalue weighted by Crippen LogP contribution is 2.21. The summed E-state index contributed by atoms with van der Waals surface area (Å²) in [6.45, 7) is 5.45. The van der Waals surface area contributed by atoms with Gasteiger partial charge in [0.25, 0.3) is 0 Å². The lowest BCUT2D eigenvalue weighted by atomic mass is 10.2. The lowest BCUT2D eigenvalue weighted by Gasteiger charge is -2.19. The molecule has 0 aromatic carbocycles. The normalized spacial score (nSPS) is 11.3. The van der Waals surface area contributed by atoms with Gasteiger partial charge in [-0.15, -0.1) is 11.3 Å². The van der Waals surface area contributed by atoms with Gasteiger partial charge in [0.15, 0.2) is 0 Å². The Kier molecular flexibility index (Phi) is 4.99. The molecule has 0 unspecified atom stereocenters. The monoisotopic (exact) mass is 338 g/mol. The second-order valence-electron chi connectivity index (χ2n) is 5.80. The summed E-state index contributed by atoms with van der Waals surface area (Å²) < 4.78 is 6.48. The maximum Gasteiger partial charge on any atom is 0.408 e. The van der Waals surface area contributed by atoms with Crippen LogP contribution >= 0.6 is 11.3 Å². The van der Waals surface area contributed by atoms with Crippen molar-refractivity contribution >= 4 is 23.4 Å². The fourth-order valence-electron chi connectivity index (χ4n) is 1.71. The largest absolute Gasteiger partial charge is 0.480 e. The number of hydrogen-bond acceptors (Lipinski definition) is 6. The number of rotatable bonds is 5. The summed E-state index contributed by atoms with van der Waals surface area (Å²) in [5.74, 6) is -0.958. The van der Waals surface area contributed by atoms with E-state index in [2.05, 4.69) is 15.4 Å². The molecule has 0 aliphatic carbocycles. The Balaban J connectivity index is 1.94. The van der Waals surface area contributed by atoms with Crippen LogP contribution in [-0.2, 0) is 22.6 Å². The van der Waals surface area contributed by atoms with Crippen LogP contribution in [-0.4, -0.2) is 37.5 Å². The van der Waals surface area contributed by atoms with E-state index in [1.807, 2.05) is 5.38 Å². The van der Waals surface area contributed by atoms with Crippen LogP contribution in [0.15, 0.2) is 17.8 Å². The third kappa shape index (κ3) is 5.37. The standard InChI is InChI=1S/C14H18N4O4S/c1-14(2,3)22-13(21)15-5-11-17-10(8-23-11)9-4-16-18(6-9)7-12(19)20/h4,6,8H,5,7H2,1-3H3,(H,15,21)(H,19,20). The summed E-state index contributed by atoms with van der Waals surface area (Å²) in [5, 5.41) is 17.9. The van der Waals surface area contributed by atoms with Crippen molar-refractivity contribution in [2.24, 2.45) is 0 Å². The highest BCUT2D eigenvalue weighted by Gasteiger charge is 2.16. The topological polar surface area (TPSA) is 106 Å². The highest BCUT2D eigenvalue weighted by atomic mass is 32.1. The van der Waals surface area contributed by atoms with Crippen LogP contribution in [0.1, 0.15) is 25.8 Å². The molecule has 0 radical (unpaired) electrons. The minimum absolute atomic E-state index is 0.197. The van der Waals surface area contributed by atoms with Crippen molar-refractivity contribution in [2.45, 2.75) is 39.5 Å². The molecule has 2 N–H and O–H groups in total. The Morgan fingerprint density at radius 2 is 2.17 bits per heavy atom. The molecule has 0 saturated carbocycles.